The van der Waals surface area contributed by atoms with Crippen LogP contribution in [0.3, 0.4) is 0 Å². The molecule has 1 fully saturated rings. The van der Waals surface area contributed by atoms with Crippen molar-refractivity contribution in [2.24, 2.45) is 0 Å². The van der Waals surface area contributed by atoms with Gasteiger partial charge in [-0.3, -0.25) is 0 Å². The fourth-order valence-corrected chi connectivity index (χ4v) is 4.84. The molecular weight excluding hydrogens is 284 g/mol. The lowest BCUT2D eigenvalue weighted by atomic mass is 9.93. The van der Waals surface area contributed by atoms with Crippen LogP contribution in [0.25, 0.3) is 5.57 Å². The Morgan fingerprint density at radius 1 is 1.00 bits per heavy atom. The number of thioether (sulfide) groups is 1. The Morgan fingerprint density at radius 3 is 2.29 bits per heavy atom. The molecule has 0 spiro atoms. The van der Waals surface area contributed by atoms with E-state index in [4.69, 9.17) is 14.2 Å². The van der Waals surface area contributed by atoms with Crippen molar-refractivity contribution in [1.29, 1.82) is 0 Å². The van der Waals surface area contributed by atoms with Crippen LogP contribution >= 0.6 is 11.8 Å². The molecule has 21 heavy (non-hydrogen) atoms. The Labute approximate surface area is 130 Å². The molecule has 1 saturated heterocycles. The van der Waals surface area contributed by atoms with Gasteiger partial charge >= 0.3 is 0 Å². The molecule has 3 rings (SSSR count). The lowest BCUT2D eigenvalue weighted by molar-refractivity contribution is 0.324. The molecule has 2 atom stereocenters. The van der Waals surface area contributed by atoms with E-state index in [1.165, 1.54) is 30.4 Å². The van der Waals surface area contributed by atoms with Crippen LogP contribution in [0.2, 0.25) is 0 Å². The highest BCUT2D eigenvalue weighted by Gasteiger charge is 2.28. The van der Waals surface area contributed by atoms with E-state index in [1.807, 2.05) is 0 Å². The SMILES string of the molecule is COc1cc(C2=CC3CCCC(C2)S3)cc(OC)c1OC. The van der Waals surface area contributed by atoms with Gasteiger partial charge in [0.25, 0.3) is 0 Å². The number of rotatable bonds is 4. The van der Waals surface area contributed by atoms with Gasteiger partial charge in [-0.25, -0.2) is 0 Å². The molecule has 2 heterocycles. The van der Waals surface area contributed by atoms with E-state index in [-0.39, 0.29) is 0 Å². The summed E-state index contributed by atoms with van der Waals surface area (Å²) in [7, 11) is 4.97. The molecule has 0 aliphatic carbocycles. The maximum absolute atomic E-state index is 5.47. The van der Waals surface area contributed by atoms with Gasteiger partial charge in [-0.15, -0.1) is 0 Å². The number of methoxy groups -OCH3 is 3. The van der Waals surface area contributed by atoms with Gasteiger partial charge in [0.15, 0.2) is 11.5 Å². The van der Waals surface area contributed by atoms with Crippen LogP contribution in [0, 0.1) is 0 Å². The monoisotopic (exact) mass is 306 g/mol. The van der Waals surface area contributed by atoms with Gasteiger partial charge in [0, 0.05) is 10.5 Å². The normalized spacial score (nSPS) is 24.2. The van der Waals surface area contributed by atoms with Crippen LogP contribution in [-0.2, 0) is 0 Å². The molecule has 2 aliphatic rings. The summed E-state index contributed by atoms with van der Waals surface area (Å²) in [5.41, 5.74) is 2.62. The Morgan fingerprint density at radius 2 is 1.71 bits per heavy atom. The molecule has 0 amide bonds. The van der Waals surface area contributed by atoms with Crippen molar-refractivity contribution in [2.75, 3.05) is 21.3 Å². The van der Waals surface area contributed by atoms with E-state index in [0.717, 1.165) is 23.2 Å². The maximum atomic E-state index is 5.47. The molecule has 4 heteroatoms. The Kier molecular flexibility index (Phi) is 4.34. The molecule has 3 nitrogen and oxygen atoms in total. The smallest absolute Gasteiger partial charge is 0.203 e. The van der Waals surface area contributed by atoms with E-state index >= 15 is 0 Å². The Balaban J connectivity index is 2.00. The standard InChI is InChI=1S/C17H22O3S/c1-18-15-9-12(10-16(19-2)17(15)20-3)11-7-13-5-4-6-14(8-11)21-13/h7,9-10,13-14H,4-6,8H2,1-3H3. The van der Waals surface area contributed by atoms with Gasteiger partial charge in [-0.05, 0) is 42.5 Å². The van der Waals surface area contributed by atoms with Gasteiger partial charge in [0.05, 0.1) is 21.3 Å². The number of hydrogen-bond acceptors (Lipinski definition) is 4. The fourth-order valence-electron chi connectivity index (χ4n) is 3.22. The molecule has 2 unspecified atom stereocenters. The lowest BCUT2D eigenvalue weighted by Crippen LogP contribution is -2.21. The maximum Gasteiger partial charge on any atom is 0.203 e. The summed E-state index contributed by atoms with van der Waals surface area (Å²) < 4.78 is 16.3. The summed E-state index contributed by atoms with van der Waals surface area (Å²) >= 11 is 2.14. The van der Waals surface area contributed by atoms with Crippen LogP contribution in [0.5, 0.6) is 17.2 Å². The third-order valence-corrected chi connectivity index (χ3v) is 5.76. The predicted molar refractivity (Wildman–Crippen MR) is 87.7 cm³/mol. The number of hydrogen-bond donors (Lipinski definition) is 0. The molecule has 0 saturated carbocycles. The number of ether oxygens (including phenoxy) is 3. The molecular formula is C17H22O3S. The van der Waals surface area contributed by atoms with E-state index in [9.17, 15) is 0 Å². The van der Waals surface area contributed by atoms with Gasteiger partial charge in [-0.2, -0.15) is 11.8 Å². The molecule has 2 aliphatic heterocycles. The van der Waals surface area contributed by atoms with Crippen LogP contribution in [0.4, 0.5) is 0 Å². The van der Waals surface area contributed by atoms with E-state index in [2.05, 4.69) is 30.0 Å². The summed E-state index contributed by atoms with van der Waals surface area (Å²) in [6.07, 6.45) is 7.57. The average molecular weight is 306 g/mol. The summed E-state index contributed by atoms with van der Waals surface area (Å²) in [6, 6.07) is 4.14. The van der Waals surface area contributed by atoms with Crippen molar-refractivity contribution in [2.45, 2.75) is 36.2 Å². The summed E-state index contributed by atoms with van der Waals surface area (Å²) in [4.78, 5) is 0. The molecule has 1 aromatic carbocycles. The van der Waals surface area contributed by atoms with E-state index in [0.29, 0.717) is 11.0 Å². The molecule has 114 valence electrons. The zero-order chi connectivity index (χ0) is 14.8. The van der Waals surface area contributed by atoms with Crippen LogP contribution in [0.15, 0.2) is 18.2 Å². The van der Waals surface area contributed by atoms with Gasteiger partial charge < -0.3 is 14.2 Å². The van der Waals surface area contributed by atoms with Crippen LogP contribution < -0.4 is 14.2 Å². The van der Waals surface area contributed by atoms with E-state index in [1.54, 1.807) is 21.3 Å². The molecule has 0 radical (unpaired) electrons. The molecule has 1 aromatic rings. The molecule has 0 N–H and O–H groups in total. The average Bonchev–Trinajstić information content (AvgIpc) is 2.52. The van der Waals surface area contributed by atoms with Crippen molar-refractivity contribution < 1.29 is 14.2 Å². The number of allylic oxidation sites excluding steroid dienone is 1. The van der Waals surface area contributed by atoms with Crippen LogP contribution in [0.1, 0.15) is 31.2 Å². The third kappa shape index (κ3) is 2.86. The third-order valence-electron chi connectivity index (χ3n) is 4.25. The highest BCUT2D eigenvalue weighted by Crippen LogP contribution is 2.46. The molecule has 2 bridgehead atoms. The summed E-state index contributed by atoms with van der Waals surface area (Å²) in [5.74, 6) is 2.13. The minimum absolute atomic E-state index is 0.662. The highest BCUT2D eigenvalue weighted by molar-refractivity contribution is 8.00. The second-order valence-corrected chi connectivity index (χ2v) is 7.08. The first-order chi connectivity index (χ1) is 10.2. The first kappa shape index (κ1) is 14.6. The van der Waals surface area contributed by atoms with Crippen molar-refractivity contribution in [3.8, 4) is 17.2 Å². The Hall–Kier alpha value is -1.29. The topological polar surface area (TPSA) is 27.7 Å². The largest absolute Gasteiger partial charge is 0.493 e. The fraction of sp³-hybridized carbons (Fsp3) is 0.529. The number of benzene rings is 1. The number of fused-ring (bicyclic) bond motifs is 2. The zero-order valence-electron chi connectivity index (χ0n) is 12.8. The summed E-state index contributed by atoms with van der Waals surface area (Å²) in [6.45, 7) is 0. The minimum atomic E-state index is 0.662. The second-order valence-electron chi connectivity index (χ2n) is 5.54. The summed E-state index contributed by atoms with van der Waals surface area (Å²) in [5, 5.41) is 1.44. The van der Waals surface area contributed by atoms with E-state index < -0.39 is 0 Å². The minimum Gasteiger partial charge on any atom is -0.493 e. The first-order valence-electron chi connectivity index (χ1n) is 7.41. The predicted octanol–water partition coefficient (Wildman–Crippen LogP) is 4.15. The quantitative estimate of drug-likeness (QED) is 0.835. The Bertz CT molecular complexity index is 528. The first-order valence-corrected chi connectivity index (χ1v) is 8.36. The van der Waals surface area contributed by atoms with Crippen molar-refractivity contribution in [1.82, 2.24) is 0 Å². The van der Waals surface area contributed by atoms with Gasteiger partial charge in [0.1, 0.15) is 0 Å². The highest BCUT2D eigenvalue weighted by atomic mass is 32.2. The lowest BCUT2D eigenvalue weighted by Gasteiger charge is -2.33. The second kappa shape index (κ2) is 6.22. The van der Waals surface area contributed by atoms with Gasteiger partial charge in [0.2, 0.25) is 5.75 Å². The van der Waals surface area contributed by atoms with Crippen LogP contribution in [-0.4, -0.2) is 31.8 Å². The zero-order valence-corrected chi connectivity index (χ0v) is 13.7. The van der Waals surface area contributed by atoms with Crippen molar-refractivity contribution in [3.63, 3.8) is 0 Å². The van der Waals surface area contributed by atoms with Crippen molar-refractivity contribution >= 4 is 17.3 Å². The van der Waals surface area contributed by atoms with Gasteiger partial charge in [-0.1, -0.05) is 12.5 Å². The van der Waals surface area contributed by atoms with Crippen molar-refractivity contribution in [3.05, 3.63) is 23.8 Å². The molecule has 0 aromatic heterocycles.